The molecule has 0 aliphatic heterocycles. The molecule has 0 amide bonds. The van der Waals surface area contributed by atoms with Crippen molar-refractivity contribution in [2.45, 2.75) is 19.3 Å². The number of carbonyl (C=O) groups excluding carboxylic acids is 1. The maximum atomic E-state index is 13.2. The molecule has 0 saturated carbocycles. The topological polar surface area (TPSA) is 20.3 Å². The quantitative estimate of drug-likeness (QED) is 0.619. The van der Waals surface area contributed by atoms with E-state index < -0.39 is 22.9 Å². The van der Waals surface area contributed by atoms with Crippen LogP contribution in [-0.4, -0.2) is 24.8 Å². The maximum Gasteiger partial charge on any atom is 0.194 e. The molecular formula is C14H16F3NO. The zero-order chi connectivity index (χ0) is 14.8. The van der Waals surface area contributed by atoms with Crippen molar-refractivity contribution < 1.29 is 18.0 Å². The molecule has 0 atom stereocenters. The highest BCUT2D eigenvalue weighted by atomic mass is 19.2. The maximum absolute atomic E-state index is 13.2. The Labute approximate surface area is 110 Å². The predicted octanol–water partition coefficient (Wildman–Crippen LogP) is 3.03. The Hall–Kier alpha value is -1.78. The highest BCUT2D eigenvalue weighted by Gasteiger charge is 2.30. The van der Waals surface area contributed by atoms with Crippen LogP contribution in [0.1, 0.15) is 19.4 Å². The number of nitrogens with zero attached hydrogens (tertiary/aromatic N) is 1. The van der Waals surface area contributed by atoms with Crippen molar-refractivity contribution in [3.05, 3.63) is 47.4 Å². The molecule has 1 rings (SSSR count). The molecule has 0 saturated heterocycles. The standard InChI is InChI=1S/C14H16F3NO/c1-14(2,12(19)5-6-18(3)4)9-7-10(15)13(17)11(16)8-9/h5-8H,1-4H3/b6-5+. The van der Waals surface area contributed by atoms with Crippen molar-refractivity contribution in [3.63, 3.8) is 0 Å². The number of benzene rings is 1. The molecule has 104 valence electrons. The fourth-order valence-corrected chi connectivity index (χ4v) is 1.48. The fraction of sp³-hybridized carbons (Fsp3) is 0.357. The smallest absolute Gasteiger partial charge is 0.194 e. The van der Waals surface area contributed by atoms with Gasteiger partial charge in [0.05, 0.1) is 5.41 Å². The van der Waals surface area contributed by atoms with Crippen molar-refractivity contribution >= 4 is 5.78 Å². The average Bonchev–Trinajstić information content (AvgIpc) is 2.31. The second-order valence-electron chi connectivity index (χ2n) is 5.02. The van der Waals surface area contributed by atoms with E-state index in [1.807, 2.05) is 0 Å². The van der Waals surface area contributed by atoms with Crippen LogP contribution in [-0.2, 0) is 10.2 Å². The first-order valence-corrected chi connectivity index (χ1v) is 5.70. The van der Waals surface area contributed by atoms with E-state index in [2.05, 4.69) is 0 Å². The number of ketones is 1. The highest BCUT2D eigenvalue weighted by Crippen LogP contribution is 2.27. The van der Waals surface area contributed by atoms with Gasteiger partial charge in [-0.05, 0) is 37.6 Å². The lowest BCUT2D eigenvalue weighted by molar-refractivity contribution is -0.118. The van der Waals surface area contributed by atoms with Gasteiger partial charge in [0.1, 0.15) is 0 Å². The lowest BCUT2D eigenvalue weighted by Crippen LogP contribution is -2.28. The molecule has 1 aromatic rings. The van der Waals surface area contributed by atoms with E-state index in [9.17, 15) is 18.0 Å². The molecule has 0 spiro atoms. The van der Waals surface area contributed by atoms with Crippen LogP contribution < -0.4 is 0 Å². The minimum atomic E-state index is -1.53. The Morgan fingerprint density at radius 3 is 2.05 bits per heavy atom. The molecule has 0 aliphatic carbocycles. The summed E-state index contributed by atoms with van der Waals surface area (Å²) < 4.78 is 39.3. The summed E-state index contributed by atoms with van der Waals surface area (Å²) in [6.07, 6.45) is 2.86. The number of halogens is 3. The van der Waals surface area contributed by atoms with Gasteiger partial charge in [-0.1, -0.05) is 0 Å². The molecule has 0 heterocycles. The van der Waals surface area contributed by atoms with Gasteiger partial charge in [-0.3, -0.25) is 4.79 Å². The van der Waals surface area contributed by atoms with Crippen molar-refractivity contribution in [2.24, 2.45) is 0 Å². The lowest BCUT2D eigenvalue weighted by Gasteiger charge is -2.22. The number of hydrogen-bond acceptors (Lipinski definition) is 2. The minimum absolute atomic E-state index is 0.0947. The van der Waals surface area contributed by atoms with Gasteiger partial charge in [0.15, 0.2) is 23.2 Å². The summed E-state index contributed by atoms with van der Waals surface area (Å²) in [5.41, 5.74) is -1.04. The fourth-order valence-electron chi connectivity index (χ4n) is 1.48. The summed E-state index contributed by atoms with van der Waals surface area (Å²) in [4.78, 5) is 13.7. The van der Waals surface area contributed by atoms with Gasteiger partial charge in [-0.2, -0.15) is 0 Å². The molecule has 0 aromatic heterocycles. The van der Waals surface area contributed by atoms with E-state index in [-0.39, 0.29) is 11.3 Å². The van der Waals surface area contributed by atoms with Crippen LogP contribution in [0, 0.1) is 17.5 Å². The van der Waals surface area contributed by atoms with Crippen molar-refractivity contribution in [1.29, 1.82) is 0 Å². The van der Waals surface area contributed by atoms with E-state index in [1.165, 1.54) is 19.9 Å². The lowest BCUT2D eigenvalue weighted by atomic mass is 9.80. The first kappa shape index (κ1) is 15.3. The highest BCUT2D eigenvalue weighted by molar-refractivity contribution is 5.98. The molecule has 0 N–H and O–H groups in total. The zero-order valence-corrected chi connectivity index (χ0v) is 11.3. The van der Waals surface area contributed by atoms with Crippen LogP contribution >= 0.6 is 0 Å². The van der Waals surface area contributed by atoms with Gasteiger partial charge < -0.3 is 4.90 Å². The van der Waals surface area contributed by atoms with Crippen LogP contribution in [0.15, 0.2) is 24.4 Å². The van der Waals surface area contributed by atoms with Crippen LogP contribution in [0.3, 0.4) is 0 Å². The van der Waals surface area contributed by atoms with Crippen molar-refractivity contribution in [3.8, 4) is 0 Å². The molecule has 0 radical (unpaired) electrons. The largest absolute Gasteiger partial charge is 0.383 e. The molecule has 0 unspecified atom stereocenters. The summed E-state index contributed by atoms with van der Waals surface area (Å²) >= 11 is 0. The normalized spacial score (nSPS) is 11.9. The molecule has 0 aliphatic rings. The average molecular weight is 271 g/mol. The third-order valence-corrected chi connectivity index (χ3v) is 2.85. The molecule has 1 aromatic carbocycles. The number of allylic oxidation sites excluding steroid dienone is 1. The zero-order valence-electron chi connectivity index (χ0n) is 11.3. The van der Waals surface area contributed by atoms with E-state index in [1.54, 1.807) is 25.2 Å². The minimum Gasteiger partial charge on any atom is -0.383 e. The first-order valence-electron chi connectivity index (χ1n) is 5.70. The molecule has 19 heavy (non-hydrogen) atoms. The van der Waals surface area contributed by atoms with E-state index in [4.69, 9.17) is 0 Å². The van der Waals surface area contributed by atoms with Crippen LogP contribution in [0.2, 0.25) is 0 Å². The molecule has 0 fully saturated rings. The van der Waals surface area contributed by atoms with Crippen LogP contribution in [0.25, 0.3) is 0 Å². The van der Waals surface area contributed by atoms with Crippen LogP contribution in [0.4, 0.5) is 13.2 Å². The van der Waals surface area contributed by atoms with Crippen molar-refractivity contribution in [1.82, 2.24) is 4.90 Å². The molecular weight excluding hydrogens is 255 g/mol. The van der Waals surface area contributed by atoms with Crippen LogP contribution in [0.5, 0.6) is 0 Å². The summed E-state index contributed by atoms with van der Waals surface area (Å²) in [5, 5.41) is 0. The second-order valence-corrected chi connectivity index (χ2v) is 5.02. The summed E-state index contributed by atoms with van der Waals surface area (Å²) in [6, 6.07) is 1.69. The third-order valence-electron chi connectivity index (χ3n) is 2.85. The Morgan fingerprint density at radius 1 is 1.16 bits per heavy atom. The predicted molar refractivity (Wildman–Crippen MR) is 67.2 cm³/mol. The Bertz CT molecular complexity index is 498. The number of rotatable bonds is 4. The van der Waals surface area contributed by atoms with Gasteiger partial charge >= 0.3 is 0 Å². The number of carbonyl (C=O) groups is 1. The Morgan fingerprint density at radius 2 is 1.63 bits per heavy atom. The summed E-state index contributed by atoms with van der Waals surface area (Å²) in [6.45, 7) is 3.06. The molecule has 0 bridgehead atoms. The van der Waals surface area contributed by atoms with Crippen molar-refractivity contribution in [2.75, 3.05) is 14.1 Å². The monoisotopic (exact) mass is 271 g/mol. The second kappa shape index (κ2) is 5.47. The SMILES string of the molecule is CN(C)/C=C/C(=O)C(C)(C)c1cc(F)c(F)c(F)c1. The van der Waals surface area contributed by atoms with Gasteiger partial charge in [-0.25, -0.2) is 13.2 Å². The van der Waals surface area contributed by atoms with E-state index >= 15 is 0 Å². The summed E-state index contributed by atoms with van der Waals surface area (Å²) in [7, 11) is 3.49. The third kappa shape index (κ3) is 3.36. The Balaban J connectivity index is 3.16. The first-order chi connectivity index (χ1) is 8.66. The Kier molecular flexibility index (Phi) is 4.39. The van der Waals surface area contributed by atoms with Gasteiger partial charge in [0.25, 0.3) is 0 Å². The van der Waals surface area contributed by atoms with E-state index in [0.29, 0.717) is 0 Å². The van der Waals surface area contributed by atoms with Gasteiger partial charge in [0, 0.05) is 20.3 Å². The van der Waals surface area contributed by atoms with E-state index in [0.717, 1.165) is 12.1 Å². The molecule has 2 nitrogen and oxygen atoms in total. The molecule has 5 heteroatoms. The summed E-state index contributed by atoms with van der Waals surface area (Å²) in [5.74, 6) is -4.46. The van der Waals surface area contributed by atoms with Gasteiger partial charge in [-0.15, -0.1) is 0 Å². The number of hydrogen-bond donors (Lipinski definition) is 0. The van der Waals surface area contributed by atoms with Gasteiger partial charge in [0.2, 0.25) is 0 Å².